The maximum atomic E-state index is 16.3. The van der Waals surface area contributed by atoms with Crippen LogP contribution in [-0.4, -0.2) is 108 Å². The van der Waals surface area contributed by atoms with Crippen molar-refractivity contribution in [3.8, 4) is 5.75 Å². The van der Waals surface area contributed by atoms with E-state index >= 15 is 4.39 Å². The number of rotatable bonds is 12. The van der Waals surface area contributed by atoms with Crippen molar-refractivity contribution in [3.05, 3.63) is 113 Å². The molecule has 9 N–H and O–H groups in total. The van der Waals surface area contributed by atoms with Crippen molar-refractivity contribution in [1.82, 2.24) is 24.6 Å². The van der Waals surface area contributed by atoms with Crippen molar-refractivity contribution < 1.29 is 23.9 Å². The van der Waals surface area contributed by atoms with Crippen LogP contribution in [-0.2, 0) is 9.59 Å². The summed E-state index contributed by atoms with van der Waals surface area (Å²) in [5.41, 5.74) is 23.7. The predicted molar refractivity (Wildman–Crippen MR) is 240 cm³/mol. The van der Waals surface area contributed by atoms with Crippen LogP contribution in [0.15, 0.2) is 90.5 Å². The highest BCUT2D eigenvalue weighted by Gasteiger charge is 2.39. The second kappa shape index (κ2) is 20.1. The number of aromatic hydroxyl groups is 1. The van der Waals surface area contributed by atoms with Crippen molar-refractivity contribution in [3.63, 3.8) is 0 Å². The molecule has 14 heteroatoms. The molecule has 61 heavy (non-hydrogen) atoms. The van der Waals surface area contributed by atoms with Crippen molar-refractivity contribution in [2.24, 2.45) is 17.2 Å². The second-order valence-electron chi connectivity index (χ2n) is 16.7. The molecule has 3 aliphatic heterocycles. The van der Waals surface area contributed by atoms with Gasteiger partial charge in [-0.05, 0) is 99.3 Å². The van der Waals surface area contributed by atoms with E-state index in [1.54, 1.807) is 29.2 Å². The third-order valence-electron chi connectivity index (χ3n) is 12.5. The third kappa shape index (κ3) is 10.7. The van der Waals surface area contributed by atoms with Gasteiger partial charge >= 0.3 is 0 Å². The first kappa shape index (κ1) is 44.7. The maximum Gasteiger partial charge on any atom is 0.253 e. The number of aryl methyl sites for hydroxylation is 1. The second-order valence-corrected chi connectivity index (χ2v) is 16.7. The zero-order chi connectivity index (χ0) is 43.7. The normalized spacial score (nSPS) is 18.6. The van der Waals surface area contributed by atoms with E-state index in [1.165, 1.54) is 5.56 Å². The van der Waals surface area contributed by atoms with E-state index in [0.29, 0.717) is 80.5 Å². The number of fused-ring (bicyclic) bond motifs is 1. The molecular formula is C47H62FN9O4. The average Bonchev–Trinajstić information content (AvgIpc) is 3.60. The zero-order valence-electron chi connectivity index (χ0n) is 35.5. The highest BCUT2D eigenvalue weighted by Crippen LogP contribution is 2.35. The lowest BCUT2D eigenvalue weighted by Crippen LogP contribution is -2.51. The quantitative estimate of drug-likeness (QED) is 0.0986. The summed E-state index contributed by atoms with van der Waals surface area (Å²) in [4.78, 5) is 40.1. The number of para-hydroxylation sites is 1. The molecule has 3 saturated heterocycles. The van der Waals surface area contributed by atoms with Gasteiger partial charge in [0, 0.05) is 123 Å². The fourth-order valence-corrected chi connectivity index (χ4v) is 9.14. The van der Waals surface area contributed by atoms with Gasteiger partial charge in [0.15, 0.2) is 0 Å². The number of benzene rings is 3. The Labute approximate surface area is 358 Å². The molecule has 0 bridgehead atoms. The van der Waals surface area contributed by atoms with Crippen LogP contribution in [0.5, 0.6) is 5.75 Å². The zero-order valence-corrected chi connectivity index (χ0v) is 35.5. The number of alkyl halides is 1. The van der Waals surface area contributed by atoms with Gasteiger partial charge < -0.3 is 57.0 Å². The summed E-state index contributed by atoms with van der Waals surface area (Å²) >= 11 is 0. The topological polar surface area (TPSA) is 188 Å². The van der Waals surface area contributed by atoms with Gasteiger partial charge in [0.1, 0.15) is 24.0 Å². The van der Waals surface area contributed by atoms with Crippen LogP contribution in [0.4, 0.5) is 10.1 Å². The predicted octanol–water partition coefficient (Wildman–Crippen LogP) is 5.57. The number of anilines is 1. The number of phenols is 1. The Balaban J connectivity index is 0.00000307. The van der Waals surface area contributed by atoms with E-state index in [4.69, 9.17) is 22.0 Å². The largest absolute Gasteiger partial charge is 0.507 e. The number of piperidine rings is 3. The van der Waals surface area contributed by atoms with E-state index in [2.05, 4.69) is 50.3 Å². The Hall–Kier alpha value is -5.86. The first-order chi connectivity index (χ1) is 29.4. The molecule has 326 valence electrons. The Bertz CT molecular complexity index is 2200. The number of nitrogens with two attached hydrogens (primary N) is 3. The molecule has 1 aromatic heterocycles. The molecule has 7 rings (SSSR count). The van der Waals surface area contributed by atoms with Gasteiger partial charge in [-0.25, -0.2) is 4.39 Å². The summed E-state index contributed by atoms with van der Waals surface area (Å²) in [7, 11) is 1.83. The number of aromatic nitrogens is 1. The van der Waals surface area contributed by atoms with Gasteiger partial charge in [-0.3, -0.25) is 9.59 Å². The van der Waals surface area contributed by atoms with E-state index in [1.807, 2.05) is 50.2 Å². The van der Waals surface area contributed by atoms with E-state index in [-0.39, 0.29) is 29.3 Å². The van der Waals surface area contributed by atoms with Crippen LogP contribution in [0, 0.1) is 6.92 Å². The highest BCUT2D eigenvalue weighted by molar-refractivity contribution is 5.95. The Morgan fingerprint density at radius 3 is 2.31 bits per heavy atom. The first-order valence-electron chi connectivity index (χ1n) is 21.3. The average molecular weight is 836 g/mol. The number of nitrogens with one attached hydrogen (secondary N) is 2. The number of allylic oxidation sites excluding steroid dienone is 1. The van der Waals surface area contributed by atoms with Crippen LogP contribution in [0.3, 0.4) is 0 Å². The maximum absolute atomic E-state index is 16.3. The molecule has 0 radical (unpaired) electrons. The summed E-state index contributed by atoms with van der Waals surface area (Å²) < 4.78 is 18.7. The van der Waals surface area contributed by atoms with Crippen molar-refractivity contribution in [1.29, 1.82) is 0 Å². The van der Waals surface area contributed by atoms with Crippen LogP contribution in [0.2, 0.25) is 0 Å². The standard InChI is InChI=1S/C46H60FN9O3.CH2O/c1-31-28-56(40-14-13-35(26-38(31)40)52-43(58)15-20-51-2)36-16-22-53(23-17-36)30-46(47)18-24-54(25-19-46)45(59)33-11-9-32(10-12-33)34-6-5-21-55(29-34)41(44(49)50)27-39(48)37-7-3-4-8-42(37)57;1-2/h3-4,7-14,26-28,34,36,51,57H,5-6,15-25,29-30,48-50H2,1-2H3,(H,52,58);1H2/b39-27-;. The lowest BCUT2D eigenvalue weighted by Gasteiger charge is -2.41. The molecule has 13 nitrogen and oxygen atoms in total. The number of phenolic OH excluding ortho intramolecular Hbond substituents is 1. The summed E-state index contributed by atoms with van der Waals surface area (Å²) in [6.07, 6.45) is 8.79. The van der Waals surface area contributed by atoms with Crippen LogP contribution < -0.4 is 27.8 Å². The number of nitrogens with zero attached hydrogens (tertiary/aromatic N) is 4. The molecule has 3 aromatic carbocycles. The van der Waals surface area contributed by atoms with Gasteiger partial charge in [-0.15, -0.1) is 0 Å². The van der Waals surface area contributed by atoms with Gasteiger partial charge in [0.2, 0.25) is 5.91 Å². The molecule has 2 amide bonds. The number of hydrogen-bond acceptors (Lipinski definition) is 10. The van der Waals surface area contributed by atoms with Crippen LogP contribution in [0.25, 0.3) is 16.6 Å². The first-order valence-corrected chi connectivity index (χ1v) is 21.3. The number of amides is 2. The number of carbonyl (C=O) groups excluding carboxylic acids is 3. The van der Waals surface area contributed by atoms with Crippen molar-refractivity contribution in [2.45, 2.75) is 69.5 Å². The molecule has 0 saturated carbocycles. The van der Waals surface area contributed by atoms with Crippen LogP contribution in [0.1, 0.15) is 84.0 Å². The molecule has 4 aromatic rings. The molecule has 1 unspecified atom stereocenters. The summed E-state index contributed by atoms with van der Waals surface area (Å²) in [6, 6.07) is 21.2. The summed E-state index contributed by atoms with van der Waals surface area (Å²) in [5, 5.41) is 17.4. The minimum Gasteiger partial charge on any atom is -0.507 e. The SMILES string of the molecule is C=O.CNCCC(=O)Nc1ccc2c(c1)c(C)cn2C1CCN(CC2(F)CCN(C(=O)c3ccc(C4CCCN(C(/C=C(\N)c5ccccc5O)=C(N)N)C4)cc3)CC2)CC1. The number of carbonyl (C=O) groups is 3. The third-order valence-corrected chi connectivity index (χ3v) is 12.5. The van der Waals surface area contributed by atoms with Gasteiger partial charge in [-0.2, -0.15) is 0 Å². The molecule has 0 aliphatic carbocycles. The van der Waals surface area contributed by atoms with Crippen LogP contribution >= 0.6 is 0 Å². The molecular weight excluding hydrogens is 774 g/mol. The molecule has 3 fully saturated rings. The summed E-state index contributed by atoms with van der Waals surface area (Å²) in [5.74, 6) is 0.371. The molecule has 4 heterocycles. The Kier molecular flexibility index (Phi) is 14.7. The molecule has 0 spiro atoms. The summed E-state index contributed by atoms with van der Waals surface area (Å²) in [6.45, 7) is 9.01. The van der Waals surface area contributed by atoms with E-state index in [0.717, 1.165) is 67.5 Å². The Morgan fingerprint density at radius 1 is 0.934 bits per heavy atom. The molecule has 3 aliphatic rings. The smallest absolute Gasteiger partial charge is 0.253 e. The van der Waals surface area contributed by atoms with Gasteiger partial charge in [-0.1, -0.05) is 24.3 Å². The Morgan fingerprint density at radius 2 is 1.64 bits per heavy atom. The van der Waals surface area contributed by atoms with E-state index < -0.39 is 5.67 Å². The number of hydrogen-bond donors (Lipinski definition) is 6. The van der Waals surface area contributed by atoms with Crippen molar-refractivity contribution in [2.75, 3.05) is 64.7 Å². The number of halogens is 1. The van der Waals surface area contributed by atoms with Gasteiger partial charge in [0.25, 0.3) is 5.91 Å². The number of likely N-dealkylation sites (tertiary alicyclic amines) is 3. The lowest BCUT2D eigenvalue weighted by molar-refractivity contribution is -0.116. The van der Waals surface area contributed by atoms with Crippen molar-refractivity contribution >= 4 is 40.9 Å². The van der Waals surface area contributed by atoms with Gasteiger partial charge in [0.05, 0.1) is 5.70 Å². The molecule has 1 atom stereocenters. The lowest BCUT2D eigenvalue weighted by atomic mass is 9.89. The highest BCUT2D eigenvalue weighted by atomic mass is 19.1. The fourth-order valence-electron chi connectivity index (χ4n) is 9.14. The minimum absolute atomic E-state index is 0.00740. The van der Waals surface area contributed by atoms with E-state index in [9.17, 15) is 14.7 Å². The fraction of sp³-hybridized carbons (Fsp3) is 0.426. The minimum atomic E-state index is -1.33. The monoisotopic (exact) mass is 835 g/mol.